The predicted octanol–water partition coefficient (Wildman–Crippen LogP) is 7.81. The molecule has 0 atom stereocenters. The Labute approximate surface area is 173 Å². The first-order valence-corrected chi connectivity index (χ1v) is 13.7. The van der Waals surface area contributed by atoms with E-state index in [9.17, 15) is 17.6 Å². The molecule has 2 fully saturated rings. The quantitative estimate of drug-likeness (QED) is 0.232. The number of hydrogen-bond donors (Lipinski definition) is 0. The summed E-state index contributed by atoms with van der Waals surface area (Å²) in [6.45, 7) is -0.972. The summed E-state index contributed by atoms with van der Waals surface area (Å²) in [5.74, 6) is -1.96. The van der Waals surface area contributed by atoms with Crippen LogP contribution in [-0.2, 0) is 0 Å². The fourth-order valence-electron chi connectivity index (χ4n) is 5.57. The predicted molar refractivity (Wildman–Crippen MR) is 112 cm³/mol. The number of ether oxygens (including phenoxy) is 1. The van der Waals surface area contributed by atoms with E-state index < -0.39 is 32.8 Å². The van der Waals surface area contributed by atoms with E-state index in [1.165, 1.54) is 75.6 Å². The Morgan fingerprint density at radius 2 is 1.59 bits per heavy atom. The fraction of sp³-hybridized carbons (Fsp3) is 0.739. The van der Waals surface area contributed by atoms with E-state index in [0.717, 1.165) is 24.3 Å². The van der Waals surface area contributed by atoms with Crippen LogP contribution in [0.5, 0.6) is 5.75 Å². The number of alkyl halides is 2. The molecule has 164 valence electrons. The molecule has 2 aliphatic rings. The molecule has 0 amide bonds. The monoisotopic (exact) mass is 430 g/mol. The van der Waals surface area contributed by atoms with Gasteiger partial charge in [0.05, 0.1) is 0 Å². The third-order valence-corrected chi connectivity index (χ3v) is 11.4. The van der Waals surface area contributed by atoms with Crippen LogP contribution in [0.3, 0.4) is 0 Å². The van der Waals surface area contributed by atoms with Crippen LogP contribution in [0, 0.1) is 17.6 Å². The number of hydrogen-bond acceptors (Lipinski definition) is 1. The molecule has 0 bridgehead atoms. The standard InChI is InChI=1S/C23H34F4OSi/c1-2-3-4-5-16-6-8-19(9-7-16)29-12-10-17(11-13-29)18-14-20(24)22(21(25)15-18)28-23(26)27/h14-17,19,23,29H,2-13H2,1H3. The Morgan fingerprint density at radius 1 is 0.966 bits per heavy atom. The summed E-state index contributed by atoms with van der Waals surface area (Å²) in [6.07, 6.45) is 12.9. The molecule has 0 unspecified atom stereocenters. The van der Waals surface area contributed by atoms with Crippen LogP contribution >= 0.6 is 0 Å². The topological polar surface area (TPSA) is 9.23 Å². The van der Waals surface area contributed by atoms with Crippen LogP contribution in [-0.4, -0.2) is 15.4 Å². The van der Waals surface area contributed by atoms with Crippen LogP contribution in [0.1, 0.15) is 82.6 Å². The zero-order valence-corrected chi connectivity index (χ0v) is 18.6. The second-order valence-electron chi connectivity index (χ2n) is 9.08. The maximum Gasteiger partial charge on any atom is 0.387 e. The zero-order chi connectivity index (χ0) is 20.8. The van der Waals surface area contributed by atoms with Gasteiger partial charge in [0, 0.05) is 8.80 Å². The molecule has 1 aliphatic heterocycles. The van der Waals surface area contributed by atoms with Gasteiger partial charge >= 0.3 is 6.61 Å². The fourth-order valence-corrected chi connectivity index (χ4v) is 9.79. The summed E-state index contributed by atoms with van der Waals surface area (Å²) >= 11 is 0. The molecule has 1 aliphatic carbocycles. The largest absolute Gasteiger partial charge is 0.429 e. The van der Waals surface area contributed by atoms with Crippen molar-refractivity contribution >= 4 is 8.80 Å². The van der Waals surface area contributed by atoms with Crippen molar-refractivity contribution < 1.29 is 22.3 Å². The lowest BCUT2D eigenvalue weighted by Gasteiger charge is -2.37. The second kappa shape index (κ2) is 10.8. The van der Waals surface area contributed by atoms with Gasteiger partial charge in [-0.2, -0.15) is 8.78 Å². The second-order valence-corrected chi connectivity index (χ2v) is 12.7. The molecular weight excluding hydrogens is 396 g/mol. The molecule has 0 N–H and O–H groups in total. The molecule has 1 aromatic carbocycles. The van der Waals surface area contributed by atoms with E-state index in [-0.39, 0.29) is 5.92 Å². The molecule has 1 nitrogen and oxygen atoms in total. The van der Waals surface area contributed by atoms with Crippen molar-refractivity contribution in [3.05, 3.63) is 29.3 Å². The molecule has 0 radical (unpaired) electrons. The van der Waals surface area contributed by atoms with Gasteiger partial charge in [0.25, 0.3) is 0 Å². The highest BCUT2D eigenvalue weighted by molar-refractivity contribution is 6.60. The van der Waals surface area contributed by atoms with E-state index in [1.54, 1.807) is 0 Å². The van der Waals surface area contributed by atoms with Gasteiger partial charge in [-0.3, -0.25) is 0 Å². The Hall–Kier alpha value is -1.04. The molecule has 1 saturated carbocycles. The molecule has 6 heteroatoms. The molecular formula is C23H34F4OSi. The van der Waals surface area contributed by atoms with Crippen molar-refractivity contribution in [3.8, 4) is 5.75 Å². The van der Waals surface area contributed by atoms with E-state index in [2.05, 4.69) is 11.7 Å². The first-order chi connectivity index (χ1) is 14.0. The molecule has 29 heavy (non-hydrogen) atoms. The first kappa shape index (κ1) is 22.6. The summed E-state index contributed by atoms with van der Waals surface area (Å²) in [6, 6.07) is 4.84. The molecule has 1 saturated heterocycles. The molecule has 1 aromatic rings. The number of halogens is 4. The van der Waals surface area contributed by atoms with Gasteiger partial charge in [0.15, 0.2) is 17.4 Å². The maximum atomic E-state index is 14.1. The molecule has 1 heterocycles. The SMILES string of the molecule is CCCCCC1CCC([SiH]2CCC(c3cc(F)c(OC(F)F)c(F)c3)CC2)CC1. The van der Waals surface area contributed by atoms with Crippen molar-refractivity contribution in [2.24, 2.45) is 5.92 Å². The lowest BCUT2D eigenvalue weighted by Crippen LogP contribution is -2.29. The van der Waals surface area contributed by atoms with Crippen molar-refractivity contribution in [3.63, 3.8) is 0 Å². The van der Waals surface area contributed by atoms with Crippen molar-refractivity contribution in [1.82, 2.24) is 0 Å². The van der Waals surface area contributed by atoms with Crippen molar-refractivity contribution in [2.45, 2.75) is 101 Å². The number of unbranched alkanes of at least 4 members (excludes halogenated alkanes) is 2. The Bertz CT molecular complexity index is 615. The highest BCUT2D eigenvalue weighted by Crippen LogP contribution is 2.44. The Kier molecular flexibility index (Phi) is 8.45. The first-order valence-electron chi connectivity index (χ1n) is 11.4. The van der Waals surface area contributed by atoms with Crippen LogP contribution < -0.4 is 4.74 Å². The highest BCUT2D eigenvalue weighted by Gasteiger charge is 2.32. The van der Waals surface area contributed by atoms with Crippen molar-refractivity contribution in [1.29, 1.82) is 0 Å². The minimum Gasteiger partial charge on any atom is -0.429 e. The van der Waals surface area contributed by atoms with E-state index in [4.69, 9.17) is 0 Å². The third-order valence-electron chi connectivity index (χ3n) is 7.24. The summed E-state index contributed by atoms with van der Waals surface area (Å²) in [4.78, 5) is 0. The van der Waals surface area contributed by atoms with Crippen LogP contribution in [0.4, 0.5) is 17.6 Å². The Balaban J connectivity index is 1.48. The van der Waals surface area contributed by atoms with Crippen LogP contribution in [0.25, 0.3) is 0 Å². The third kappa shape index (κ3) is 6.22. The van der Waals surface area contributed by atoms with E-state index in [0.29, 0.717) is 5.56 Å². The lowest BCUT2D eigenvalue weighted by molar-refractivity contribution is -0.0546. The summed E-state index contributed by atoms with van der Waals surface area (Å²) in [7, 11) is -0.796. The summed E-state index contributed by atoms with van der Waals surface area (Å²) in [5, 5.41) is 0. The van der Waals surface area contributed by atoms with E-state index >= 15 is 0 Å². The van der Waals surface area contributed by atoms with Gasteiger partial charge < -0.3 is 4.74 Å². The molecule has 0 aromatic heterocycles. The maximum absolute atomic E-state index is 14.1. The van der Waals surface area contributed by atoms with E-state index in [1.807, 2.05) is 0 Å². The lowest BCUT2D eigenvalue weighted by atomic mass is 9.85. The minimum absolute atomic E-state index is 0.133. The zero-order valence-electron chi connectivity index (χ0n) is 17.4. The number of benzene rings is 1. The van der Waals surface area contributed by atoms with Gasteiger partial charge in [-0.25, -0.2) is 8.78 Å². The average Bonchev–Trinajstić information content (AvgIpc) is 2.71. The van der Waals surface area contributed by atoms with Gasteiger partial charge in [0.2, 0.25) is 0 Å². The highest BCUT2D eigenvalue weighted by atomic mass is 28.3. The van der Waals surface area contributed by atoms with Crippen LogP contribution in [0.2, 0.25) is 17.6 Å². The van der Waals surface area contributed by atoms with Crippen LogP contribution in [0.15, 0.2) is 12.1 Å². The smallest absolute Gasteiger partial charge is 0.387 e. The Morgan fingerprint density at radius 3 is 2.14 bits per heavy atom. The average molecular weight is 431 g/mol. The number of rotatable bonds is 8. The van der Waals surface area contributed by atoms with Gasteiger partial charge in [-0.15, -0.1) is 0 Å². The minimum atomic E-state index is -3.23. The summed E-state index contributed by atoms with van der Waals surface area (Å²) < 4.78 is 56.7. The normalized spacial score (nSPS) is 27.9. The molecule has 0 spiro atoms. The van der Waals surface area contributed by atoms with Gasteiger partial charge in [0.1, 0.15) is 0 Å². The van der Waals surface area contributed by atoms with Gasteiger partial charge in [-0.1, -0.05) is 70.4 Å². The summed E-state index contributed by atoms with van der Waals surface area (Å²) in [5.41, 5.74) is 1.53. The van der Waals surface area contributed by atoms with Gasteiger partial charge in [-0.05, 0) is 47.9 Å². The van der Waals surface area contributed by atoms with Crippen molar-refractivity contribution in [2.75, 3.05) is 0 Å². The molecule has 3 rings (SSSR count).